The fourth-order valence-corrected chi connectivity index (χ4v) is 0.851. The summed E-state index contributed by atoms with van der Waals surface area (Å²) in [5.41, 5.74) is 0. The number of aliphatic hydroxyl groups is 3. The molecule has 0 aromatic heterocycles. The van der Waals surface area contributed by atoms with Crippen molar-refractivity contribution in [1.82, 2.24) is 0 Å². The van der Waals surface area contributed by atoms with Gasteiger partial charge in [-0.1, -0.05) is 0 Å². The van der Waals surface area contributed by atoms with Crippen molar-refractivity contribution in [2.45, 2.75) is 24.4 Å². The molecule has 19 heavy (non-hydrogen) atoms. The van der Waals surface area contributed by atoms with Gasteiger partial charge in [-0.15, -0.1) is 0 Å². The van der Waals surface area contributed by atoms with Gasteiger partial charge in [0.15, 0.2) is 12.2 Å². The molecule has 0 fully saturated rings. The van der Waals surface area contributed by atoms with E-state index >= 15 is 0 Å². The molecular formula is C8H10O11. The molecule has 0 aliphatic carbocycles. The molecule has 1 unspecified atom stereocenters. The van der Waals surface area contributed by atoms with Gasteiger partial charge in [0.1, 0.15) is 6.42 Å². The molecule has 0 bridgehead atoms. The van der Waals surface area contributed by atoms with Gasteiger partial charge in [-0.25, -0.2) is 14.4 Å². The van der Waals surface area contributed by atoms with Gasteiger partial charge in [0, 0.05) is 0 Å². The summed E-state index contributed by atoms with van der Waals surface area (Å²) < 4.78 is 3.81. The van der Waals surface area contributed by atoms with E-state index in [0.717, 1.165) is 0 Å². The first kappa shape index (κ1) is 16.8. The summed E-state index contributed by atoms with van der Waals surface area (Å²) in [5, 5.41) is 52.1. The second-order valence-corrected chi connectivity index (χ2v) is 3.31. The number of hydrogen-bond acceptors (Lipinski definition) is 8. The van der Waals surface area contributed by atoms with E-state index in [1.54, 1.807) is 0 Å². The maximum absolute atomic E-state index is 11.1. The summed E-state index contributed by atoms with van der Waals surface area (Å²) >= 11 is 0. The Labute approximate surface area is 104 Å². The molecule has 0 saturated heterocycles. The van der Waals surface area contributed by atoms with E-state index in [1.165, 1.54) is 0 Å². The van der Waals surface area contributed by atoms with Gasteiger partial charge < -0.3 is 35.4 Å². The minimum absolute atomic E-state index is 1.55. The molecule has 0 aromatic carbocycles. The first-order valence-corrected chi connectivity index (χ1v) is 4.50. The highest BCUT2D eigenvalue weighted by Crippen LogP contribution is 2.15. The number of carboxylic acid groups (broad SMARTS) is 3. The van der Waals surface area contributed by atoms with Crippen molar-refractivity contribution >= 4 is 23.9 Å². The van der Waals surface area contributed by atoms with Gasteiger partial charge in [0.25, 0.3) is 0 Å². The van der Waals surface area contributed by atoms with Gasteiger partial charge in [-0.05, 0) is 0 Å². The van der Waals surface area contributed by atoms with Crippen molar-refractivity contribution in [1.29, 1.82) is 0 Å². The number of carbonyl (C=O) groups is 4. The van der Waals surface area contributed by atoms with Crippen LogP contribution in [0, 0.1) is 0 Å². The molecule has 0 radical (unpaired) electrons. The zero-order chi connectivity index (χ0) is 15.4. The van der Waals surface area contributed by atoms with Crippen LogP contribution in [0.3, 0.4) is 0 Å². The summed E-state index contributed by atoms with van der Waals surface area (Å²) in [6.07, 6.45) is -6.88. The standard InChI is InChI=1S/C8H10O11/c9-2(10)1-8(18,7(16)17)19-6(15)4(12)3(11)5(13)14/h3-4,11-12,18H,1H2,(H,9,10)(H,13,14)(H,16,17)/t3-,4-,8?/m1/s1. The first-order valence-electron chi connectivity index (χ1n) is 4.50. The quantitative estimate of drug-likeness (QED) is 0.200. The molecule has 0 amide bonds. The highest BCUT2D eigenvalue weighted by Gasteiger charge is 2.45. The highest BCUT2D eigenvalue weighted by molar-refractivity contribution is 5.88. The van der Waals surface area contributed by atoms with E-state index in [-0.39, 0.29) is 0 Å². The predicted octanol–water partition coefficient (Wildman–Crippen LogP) is -3.42. The lowest BCUT2D eigenvalue weighted by Crippen LogP contribution is -2.50. The molecule has 108 valence electrons. The molecule has 11 nitrogen and oxygen atoms in total. The van der Waals surface area contributed by atoms with E-state index in [9.17, 15) is 24.3 Å². The molecule has 0 aliphatic rings. The van der Waals surface area contributed by atoms with Crippen molar-refractivity contribution in [2.24, 2.45) is 0 Å². The molecule has 0 saturated carbocycles. The number of aliphatic hydroxyl groups excluding tert-OH is 2. The summed E-state index contributed by atoms with van der Waals surface area (Å²) in [6, 6.07) is 0. The summed E-state index contributed by atoms with van der Waals surface area (Å²) in [5.74, 6) is -11.6. The third-order valence-electron chi connectivity index (χ3n) is 1.79. The maximum atomic E-state index is 11.1. The number of carboxylic acids is 3. The SMILES string of the molecule is O=C(O)CC(O)(OC(=O)[C@H](O)[C@@H](O)C(=O)O)C(=O)O. The Balaban J connectivity index is 4.97. The van der Waals surface area contributed by atoms with Crippen LogP contribution < -0.4 is 0 Å². The largest absolute Gasteiger partial charge is 0.481 e. The number of hydrogen-bond donors (Lipinski definition) is 6. The van der Waals surface area contributed by atoms with Crippen LogP contribution in [0.2, 0.25) is 0 Å². The van der Waals surface area contributed by atoms with Crippen LogP contribution in [-0.4, -0.2) is 72.5 Å². The summed E-state index contributed by atoms with van der Waals surface area (Å²) in [4.78, 5) is 42.2. The predicted molar refractivity (Wildman–Crippen MR) is 50.6 cm³/mol. The third kappa shape index (κ3) is 4.50. The van der Waals surface area contributed by atoms with Crippen molar-refractivity contribution in [2.75, 3.05) is 0 Å². The molecule has 0 aromatic rings. The fourth-order valence-electron chi connectivity index (χ4n) is 0.851. The van der Waals surface area contributed by atoms with Crippen LogP contribution in [-0.2, 0) is 23.9 Å². The van der Waals surface area contributed by atoms with Crippen LogP contribution >= 0.6 is 0 Å². The first-order chi connectivity index (χ1) is 8.51. The van der Waals surface area contributed by atoms with Gasteiger partial charge in [-0.3, -0.25) is 4.79 Å². The van der Waals surface area contributed by atoms with E-state index in [1.807, 2.05) is 0 Å². The van der Waals surface area contributed by atoms with E-state index < -0.39 is 48.3 Å². The Morgan fingerprint density at radius 1 is 1.00 bits per heavy atom. The zero-order valence-corrected chi connectivity index (χ0v) is 9.09. The monoisotopic (exact) mass is 282 g/mol. The van der Waals surface area contributed by atoms with Crippen LogP contribution in [0.1, 0.15) is 6.42 Å². The Morgan fingerprint density at radius 2 is 1.47 bits per heavy atom. The van der Waals surface area contributed by atoms with Crippen LogP contribution in [0.15, 0.2) is 0 Å². The van der Waals surface area contributed by atoms with Crippen molar-refractivity contribution < 1.29 is 54.6 Å². The molecule has 0 rings (SSSR count). The second-order valence-electron chi connectivity index (χ2n) is 3.31. The van der Waals surface area contributed by atoms with Crippen molar-refractivity contribution in [3.05, 3.63) is 0 Å². The lowest BCUT2D eigenvalue weighted by molar-refractivity contribution is -0.233. The lowest BCUT2D eigenvalue weighted by atomic mass is 10.1. The molecule has 0 spiro atoms. The minimum Gasteiger partial charge on any atom is -0.481 e. The number of aliphatic carboxylic acids is 3. The molecular weight excluding hydrogens is 272 g/mol. The van der Waals surface area contributed by atoms with Gasteiger partial charge in [0.05, 0.1) is 0 Å². The topological polar surface area (TPSA) is 199 Å². The Kier molecular flexibility index (Phi) is 5.36. The van der Waals surface area contributed by atoms with Gasteiger partial charge >= 0.3 is 29.7 Å². The smallest absolute Gasteiger partial charge is 0.377 e. The van der Waals surface area contributed by atoms with Gasteiger partial charge in [-0.2, -0.15) is 0 Å². The van der Waals surface area contributed by atoms with E-state index in [0.29, 0.717) is 0 Å². The summed E-state index contributed by atoms with van der Waals surface area (Å²) in [7, 11) is 0. The average molecular weight is 282 g/mol. The van der Waals surface area contributed by atoms with Crippen LogP contribution in [0.4, 0.5) is 0 Å². The Morgan fingerprint density at radius 3 is 1.79 bits per heavy atom. The summed E-state index contributed by atoms with van der Waals surface area (Å²) in [6.45, 7) is 0. The molecule has 0 heterocycles. The van der Waals surface area contributed by atoms with E-state index in [4.69, 9.17) is 25.5 Å². The zero-order valence-electron chi connectivity index (χ0n) is 9.09. The third-order valence-corrected chi connectivity index (χ3v) is 1.79. The van der Waals surface area contributed by atoms with Crippen molar-refractivity contribution in [3.63, 3.8) is 0 Å². The average Bonchev–Trinajstić information content (AvgIpc) is 2.25. The molecule has 11 heteroatoms. The minimum atomic E-state index is -3.50. The maximum Gasteiger partial charge on any atom is 0.377 e. The molecule has 0 aliphatic heterocycles. The second kappa shape index (κ2) is 6.08. The number of carbonyl (C=O) groups excluding carboxylic acids is 1. The van der Waals surface area contributed by atoms with Crippen LogP contribution in [0.5, 0.6) is 0 Å². The highest BCUT2D eigenvalue weighted by atomic mass is 16.7. The number of esters is 1. The lowest BCUT2D eigenvalue weighted by Gasteiger charge is -2.23. The fraction of sp³-hybridized carbons (Fsp3) is 0.500. The van der Waals surface area contributed by atoms with E-state index in [2.05, 4.69) is 4.74 Å². The molecule has 6 N–H and O–H groups in total. The Bertz CT molecular complexity index is 401. The van der Waals surface area contributed by atoms with Crippen LogP contribution in [0.25, 0.3) is 0 Å². The van der Waals surface area contributed by atoms with Crippen molar-refractivity contribution in [3.8, 4) is 0 Å². The normalized spacial score (nSPS) is 16.8. The molecule has 3 atom stereocenters. The number of rotatable bonds is 7. The Hall–Kier alpha value is -2.24. The van der Waals surface area contributed by atoms with Gasteiger partial charge in [0.2, 0.25) is 0 Å². The number of ether oxygens (including phenoxy) is 1.